The van der Waals surface area contributed by atoms with Crippen molar-refractivity contribution in [3.8, 4) is 12.3 Å². The minimum atomic E-state index is 0.415. The van der Waals surface area contributed by atoms with E-state index in [4.69, 9.17) is 6.42 Å². The van der Waals surface area contributed by atoms with E-state index in [2.05, 4.69) is 31.8 Å². The summed E-state index contributed by atoms with van der Waals surface area (Å²) in [5.41, 5.74) is 0. The van der Waals surface area contributed by atoms with Crippen molar-refractivity contribution >= 4 is 15.9 Å². The van der Waals surface area contributed by atoms with Gasteiger partial charge in [0.2, 0.25) is 5.82 Å². The molecule has 0 fully saturated rings. The van der Waals surface area contributed by atoms with Gasteiger partial charge in [-0.1, -0.05) is 0 Å². The lowest BCUT2D eigenvalue weighted by atomic mass is 10.6. The summed E-state index contributed by atoms with van der Waals surface area (Å²) < 4.78 is 0.835. The summed E-state index contributed by atoms with van der Waals surface area (Å²) in [5, 5.41) is 0. The monoisotopic (exact) mass is 182 g/mol. The van der Waals surface area contributed by atoms with Crippen molar-refractivity contribution in [1.29, 1.82) is 0 Å². The van der Waals surface area contributed by atoms with Crippen molar-refractivity contribution in [2.45, 2.75) is 0 Å². The van der Waals surface area contributed by atoms with Gasteiger partial charge in [0.25, 0.3) is 0 Å². The van der Waals surface area contributed by atoms with Crippen LogP contribution in [0.5, 0.6) is 0 Å². The predicted octanol–water partition coefficient (Wildman–Crippen LogP) is 1.22. The lowest BCUT2D eigenvalue weighted by molar-refractivity contribution is 1.11. The molecule has 0 aliphatic carbocycles. The van der Waals surface area contributed by atoms with Crippen LogP contribution in [-0.2, 0) is 0 Å². The van der Waals surface area contributed by atoms with Gasteiger partial charge in [0.1, 0.15) is 0 Å². The molecule has 0 N–H and O–H groups in total. The van der Waals surface area contributed by atoms with E-state index in [1.165, 1.54) is 0 Å². The van der Waals surface area contributed by atoms with Gasteiger partial charge < -0.3 is 0 Å². The molecular formula is C6H3BrN2. The molecule has 0 atom stereocenters. The zero-order valence-corrected chi connectivity index (χ0v) is 6.09. The summed E-state index contributed by atoms with van der Waals surface area (Å²) in [6, 6.07) is 0. The van der Waals surface area contributed by atoms with Gasteiger partial charge in [-0.05, 0) is 21.9 Å². The molecule has 0 aliphatic heterocycles. The molecule has 0 spiro atoms. The second-order valence-corrected chi connectivity index (χ2v) is 2.28. The third-order valence-electron chi connectivity index (χ3n) is 0.749. The molecule has 9 heavy (non-hydrogen) atoms. The lowest BCUT2D eigenvalue weighted by Gasteiger charge is -1.86. The average Bonchev–Trinajstić information content (AvgIpc) is 1.90. The molecule has 1 aromatic heterocycles. The van der Waals surface area contributed by atoms with Crippen molar-refractivity contribution in [3.63, 3.8) is 0 Å². The fourth-order valence-corrected chi connectivity index (χ4v) is 0.592. The second kappa shape index (κ2) is 2.60. The van der Waals surface area contributed by atoms with Gasteiger partial charge in [-0.15, -0.1) is 6.42 Å². The molecule has 2 nitrogen and oxygen atoms in total. The zero-order valence-electron chi connectivity index (χ0n) is 4.50. The predicted molar refractivity (Wildman–Crippen MR) is 37.7 cm³/mol. The Labute approximate surface area is 61.5 Å². The number of rotatable bonds is 0. The van der Waals surface area contributed by atoms with Crippen LogP contribution in [0.2, 0.25) is 0 Å². The minimum absolute atomic E-state index is 0.415. The fourth-order valence-electron chi connectivity index (χ4n) is 0.387. The SMILES string of the molecule is C#Cc1ncc(Br)cn1. The van der Waals surface area contributed by atoms with Crippen molar-refractivity contribution in [2.75, 3.05) is 0 Å². The molecule has 0 saturated heterocycles. The molecule has 1 aromatic rings. The summed E-state index contributed by atoms with van der Waals surface area (Å²) in [7, 11) is 0. The molecule has 0 amide bonds. The Balaban J connectivity index is 3.06. The van der Waals surface area contributed by atoms with Gasteiger partial charge in [-0.2, -0.15) is 0 Å². The van der Waals surface area contributed by atoms with E-state index in [9.17, 15) is 0 Å². The van der Waals surface area contributed by atoms with Gasteiger partial charge in [-0.25, -0.2) is 9.97 Å². The molecule has 0 radical (unpaired) electrons. The second-order valence-electron chi connectivity index (χ2n) is 1.37. The molecule has 0 saturated carbocycles. The van der Waals surface area contributed by atoms with E-state index in [0.717, 1.165) is 4.47 Å². The summed E-state index contributed by atoms with van der Waals surface area (Å²) >= 11 is 3.18. The quantitative estimate of drug-likeness (QED) is 0.565. The normalized spacial score (nSPS) is 8.44. The highest BCUT2D eigenvalue weighted by atomic mass is 79.9. The van der Waals surface area contributed by atoms with Crippen LogP contribution in [0.1, 0.15) is 5.82 Å². The number of hydrogen-bond acceptors (Lipinski definition) is 2. The topological polar surface area (TPSA) is 25.8 Å². The summed E-state index contributed by atoms with van der Waals surface area (Å²) in [5.74, 6) is 2.73. The molecule has 0 aliphatic rings. The van der Waals surface area contributed by atoms with Crippen LogP contribution in [-0.4, -0.2) is 9.97 Å². The number of terminal acetylenes is 1. The van der Waals surface area contributed by atoms with Crippen LogP contribution >= 0.6 is 15.9 Å². The Hall–Kier alpha value is -0.880. The highest BCUT2D eigenvalue weighted by Crippen LogP contribution is 2.03. The first-order valence-electron chi connectivity index (χ1n) is 2.27. The first-order valence-corrected chi connectivity index (χ1v) is 3.06. The average molecular weight is 183 g/mol. The molecule has 0 aromatic carbocycles. The number of hydrogen-bond donors (Lipinski definition) is 0. The van der Waals surface area contributed by atoms with Crippen LogP contribution in [0.4, 0.5) is 0 Å². The van der Waals surface area contributed by atoms with Gasteiger partial charge in [0.15, 0.2) is 0 Å². The van der Waals surface area contributed by atoms with Crippen LogP contribution in [0, 0.1) is 12.3 Å². The summed E-state index contributed by atoms with van der Waals surface area (Å²) in [6.45, 7) is 0. The molecular weight excluding hydrogens is 180 g/mol. The number of aromatic nitrogens is 2. The van der Waals surface area contributed by atoms with Crippen molar-refractivity contribution < 1.29 is 0 Å². The number of nitrogens with zero attached hydrogens (tertiary/aromatic N) is 2. The smallest absolute Gasteiger partial charge is 0.204 e. The Morgan fingerprint density at radius 1 is 1.44 bits per heavy atom. The third kappa shape index (κ3) is 1.51. The zero-order chi connectivity index (χ0) is 6.69. The molecule has 1 heterocycles. The van der Waals surface area contributed by atoms with E-state index >= 15 is 0 Å². The van der Waals surface area contributed by atoms with Crippen LogP contribution < -0.4 is 0 Å². The maximum absolute atomic E-state index is 5.01. The molecule has 3 heteroatoms. The molecule has 1 rings (SSSR count). The summed E-state index contributed by atoms with van der Waals surface area (Å²) in [4.78, 5) is 7.61. The lowest BCUT2D eigenvalue weighted by Crippen LogP contribution is -1.84. The van der Waals surface area contributed by atoms with E-state index in [0.29, 0.717) is 5.82 Å². The van der Waals surface area contributed by atoms with Crippen molar-refractivity contribution in [3.05, 3.63) is 22.7 Å². The van der Waals surface area contributed by atoms with E-state index in [1.54, 1.807) is 12.4 Å². The van der Waals surface area contributed by atoms with Crippen LogP contribution in [0.3, 0.4) is 0 Å². The Morgan fingerprint density at radius 3 is 2.44 bits per heavy atom. The van der Waals surface area contributed by atoms with Crippen LogP contribution in [0.15, 0.2) is 16.9 Å². The van der Waals surface area contributed by atoms with Gasteiger partial charge in [0.05, 0.1) is 4.47 Å². The largest absolute Gasteiger partial charge is 0.228 e. The standard InChI is InChI=1S/C6H3BrN2/c1-2-6-8-3-5(7)4-9-6/h1,3-4H. The maximum atomic E-state index is 5.01. The first kappa shape index (κ1) is 6.24. The van der Waals surface area contributed by atoms with Gasteiger partial charge in [0, 0.05) is 12.4 Å². The van der Waals surface area contributed by atoms with E-state index in [-0.39, 0.29) is 0 Å². The molecule has 0 unspecified atom stereocenters. The van der Waals surface area contributed by atoms with Crippen LogP contribution in [0.25, 0.3) is 0 Å². The summed E-state index contributed by atoms with van der Waals surface area (Å²) in [6.07, 6.45) is 8.24. The van der Waals surface area contributed by atoms with E-state index in [1.807, 2.05) is 0 Å². The molecule has 0 bridgehead atoms. The maximum Gasteiger partial charge on any atom is 0.204 e. The minimum Gasteiger partial charge on any atom is -0.228 e. The van der Waals surface area contributed by atoms with Gasteiger partial charge in [-0.3, -0.25) is 0 Å². The Kier molecular flexibility index (Phi) is 1.81. The first-order chi connectivity index (χ1) is 4.33. The molecule has 44 valence electrons. The highest BCUT2D eigenvalue weighted by Gasteiger charge is 1.87. The number of halogens is 1. The Morgan fingerprint density at radius 2 is 2.00 bits per heavy atom. The highest BCUT2D eigenvalue weighted by molar-refractivity contribution is 9.10. The fraction of sp³-hybridized carbons (Fsp3) is 0. The van der Waals surface area contributed by atoms with Gasteiger partial charge >= 0.3 is 0 Å². The van der Waals surface area contributed by atoms with Crippen molar-refractivity contribution in [2.24, 2.45) is 0 Å². The Bertz CT molecular complexity index is 234. The third-order valence-corrected chi connectivity index (χ3v) is 1.16. The van der Waals surface area contributed by atoms with E-state index < -0.39 is 0 Å². The van der Waals surface area contributed by atoms with Crippen molar-refractivity contribution in [1.82, 2.24) is 9.97 Å².